The maximum Gasteiger partial charge on any atom is 0.357 e. The van der Waals surface area contributed by atoms with E-state index in [1.165, 1.54) is 0 Å². The van der Waals surface area contributed by atoms with Gasteiger partial charge in [-0.3, -0.25) is 4.79 Å². The van der Waals surface area contributed by atoms with Gasteiger partial charge >= 0.3 is 5.97 Å². The molecule has 0 fully saturated rings. The van der Waals surface area contributed by atoms with Crippen molar-refractivity contribution >= 4 is 17.6 Å². The molecular weight excluding hydrogens is 490 g/mol. The molecular formula is C32H31N3O4. The van der Waals surface area contributed by atoms with Gasteiger partial charge in [-0.25, -0.2) is 9.78 Å². The van der Waals surface area contributed by atoms with Gasteiger partial charge in [0.1, 0.15) is 6.26 Å². The van der Waals surface area contributed by atoms with Gasteiger partial charge in [0.05, 0.1) is 5.92 Å². The number of carboxylic acid groups (broad SMARTS) is 1. The minimum atomic E-state index is -1.15. The smallest absolute Gasteiger partial charge is 0.357 e. The number of carboxylic acids is 1. The molecule has 0 aliphatic rings. The first-order chi connectivity index (χ1) is 18.8. The van der Waals surface area contributed by atoms with Gasteiger partial charge in [-0.05, 0) is 72.0 Å². The van der Waals surface area contributed by atoms with Crippen LogP contribution in [0.25, 0.3) is 11.5 Å². The van der Waals surface area contributed by atoms with Crippen LogP contribution in [0, 0.1) is 6.92 Å². The predicted octanol–water partition coefficient (Wildman–Crippen LogP) is 6.29. The van der Waals surface area contributed by atoms with Crippen molar-refractivity contribution < 1.29 is 19.1 Å². The van der Waals surface area contributed by atoms with Crippen LogP contribution in [0.2, 0.25) is 0 Å². The average molecular weight is 522 g/mol. The highest BCUT2D eigenvalue weighted by molar-refractivity contribution is 5.96. The molecule has 0 radical (unpaired) electrons. The number of allylic oxidation sites excluding steroid dienone is 2. The Bertz CT molecular complexity index is 1490. The fraction of sp³-hybridized carbons (Fsp3) is 0.156. The highest BCUT2D eigenvalue weighted by Crippen LogP contribution is 2.36. The van der Waals surface area contributed by atoms with Crippen molar-refractivity contribution in [2.24, 2.45) is 5.73 Å². The number of hydrogen-bond acceptors (Lipinski definition) is 5. The maximum absolute atomic E-state index is 13.3. The SMILES string of the molecule is C=CC(=C)C(c1ccc(-c2nc(C(=O)O)co2)cc1)c1cc(NC(=O)C(CCN)c2ccccc2)ccc1C. The van der Waals surface area contributed by atoms with E-state index < -0.39 is 5.97 Å². The number of aromatic nitrogens is 1. The molecule has 0 aliphatic heterocycles. The monoisotopic (exact) mass is 521 g/mol. The summed E-state index contributed by atoms with van der Waals surface area (Å²) >= 11 is 0. The molecule has 0 saturated heterocycles. The number of carbonyl (C=O) groups is 2. The molecule has 198 valence electrons. The fourth-order valence-corrected chi connectivity index (χ4v) is 4.59. The van der Waals surface area contributed by atoms with Crippen LogP contribution in [0.5, 0.6) is 0 Å². The molecule has 3 aromatic carbocycles. The lowest BCUT2D eigenvalue weighted by molar-refractivity contribution is -0.117. The zero-order chi connectivity index (χ0) is 27.9. The number of benzene rings is 3. The third kappa shape index (κ3) is 6.22. The lowest BCUT2D eigenvalue weighted by Gasteiger charge is -2.23. The number of nitrogens with zero attached hydrogens (tertiary/aromatic N) is 1. The summed E-state index contributed by atoms with van der Waals surface area (Å²) in [6.07, 6.45) is 3.38. The van der Waals surface area contributed by atoms with Crippen LogP contribution in [-0.2, 0) is 4.79 Å². The molecule has 0 spiro atoms. The second-order valence-corrected chi connectivity index (χ2v) is 9.28. The van der Waals surface area contributed by atoms with E-state index in [1.807, 2.05) is 79.7 Å². The van der Waals surface area contributed by atoms with E-state index in [2.05, 4.69) is 23.5 Å². The highest BCUT2D eigenvalue weighted by Gasteiger charge is 2.23. The van der Waals surface area contributed by atoms with E-state index in [0.29, 0.717) is 24.2 Å². The third-order valence-electron chi connectivity index (χ3n) is 6.68. The quantitative estimate of drug-likeness (QED) is 0.200. The standard InChI is InChI=1S/C32H31N3O4/c1-4-20(2)29(23-11-13-24(14-12-23)31-35-28(19-39-31)32(37)38)27-18-25(15-10-21(27)3)34-30(36)26(16-17-33)22-8-6-5-7-9-22/h4-15,18-19,26,29H,1-2,16-17,33H2,3H3,(H,34,36)(H,37,38). The van der Waals surface area contributed by atoms with E-state index in [-0.39, 0.29) is 29.3 Å². The number of rotatable bonds is 11. The van der Waals surface area contributed by atoms with E-state index in [0.717, 1.165) is 34.1 Å². The molecule has 4 N–H and O–H groups in total. The molecule has 4 rings (SSSR count). The number of oxazole rings is 1. The third-order valence-corrected chi connectivity index (χ3v) is 6.68. The van der Waals surface area contributed by atoms with Gasteiger partial charge in [0.2, 0.25) is 11.8 Å². The van der Waals surface area contributed by atoms with E-state index >= 15 is 0 Å². The van der Waals surface area contributed by atoms with Crippen LogP contribution in [0.3, 0.4) is 0 Å². The molecule has 0 bridgehead atoms. The summed E-state index contributed by atoms with van der Waals surface area (Å²) in [7, 11) is 0. The number of aryl methyl sites for hydroxylation is 1. The Hall–Kier alpha value is -4.75. The molecule has 0 aliphatic carbocycles. The Morgan fingerprint density at radius 1 is 1.08 bits per heavy atom. The Morgan fingerprint density at radius 2 is 1.79 bits per heavy atom. The molecule has 2 atom stereocenters. The lowest BCUT2D eigenvalue weighted by atomic mass is 9.83. The van der Waals surface area contributed by atoms with Crippen molar-refractivity contribution in [2.75, 3.05) is 11.9 Å². The van der Waals surface area contributed by atoms with Crippen molar-refractivity contribution in [1.29, 1.82) is 0 Å². The van der Waals surface area contributed by atoms with Crippen molar-refractivity contribution in [3.05, 3.63) is 132 Å². The summed E-state index contributed by atoms with van der Waals surface area (Å²) in [5.41, 5.74) is 11.7. The summed E-state index contributed by atoms with van der Waals surface area (Å²) in [4.78, 5) is 28.5. The van der Waals surface area contributed by atoms with Gasteiger partial charge in [-0.1, -0.05) is 67.8 Å². The number of amides is 1. The van der Waals surface area contributed by atoms with Crippen LogP contribution in [-0.4, -0.2) is 28.5 Å². The number of aromatic carboxylic acids is 1. The van der Waals surface area contributed by atoms with E-state index in [9.17, 15) is 9.59 Å². The first-order valence-corrected chi connectivity index (χ1v) is 12.6. The Kier molecular flexibility index (Phi) is 8.53. The van der Waals surface area contributed by atoms with Crippen LogP contribution < -0.4 is 11.1 Å². The summed E-state index contributed by atoms with van der Waals surface area (Å²) in [5, 5.41) is 12.2. The van der Waals surface area contributed by atoms with Gasteiger partial charge in [0.15, 0.2) is 5.69 Å². The molecule has 39 heavy (non-hydrogen) atoms. The van der Waals surface area contributed by atoms with Crippen LogP contribution >= 0.6 is 0 Å². The lowest BCUT2D eigenvalue weighted by Crippen LogP contribution is -2.23. The van der Waals surface area contributed by atoms with Gasteiger partial charge in [0, 0.05) is 17.2 Å². The molecule has 1 amide bonds. The Balaban J connectivity index is 1.64. The zero-order valence-electron chi connectivity index (χ0n) is 21.8. The van der Waals surface area contributed by atoms with Crippen LogP contribution in [0.4, 0.5) is 5.69 Å². The van der Waals surface area contributed by atoms with Crippen LogP contribution in [0.1, 0.15) is 51.0 Å². The summed E-state index contributed by atoms with van der Waals surface area (Å²) in [6.45, 7) is 10.6. The Morgan fingerprint density at radius 3 is 2.41 bits per heavy atom. The van der Waals surface area contributed by atoms with E-state index in [1.54, 1.807) is 6.08 Å². The fourth-order valence-electron chi connectivity index (χ4n) is 4.59. The molecule has 7 nitrogen and oxygen atoms in total. The zero-order valence-corrected chi connectivity index (χ0v) is 21.8. The Labute approximate surface area is 227 Å². The molecule has 2 unspecified atom stereocenters. The van der Waals surface area contributed by atoms with Crippen LogP contribution in [0.15, 0.2) is 108 Å². The van der Waals surface area contributed by atoms with Crippen molar-refractivity contribution in [3.63, 3.8) is 0 Å². The number of hydrogen-bond donors (Lipinski definition) is 3. The summed E-state index contributed by atoms with van der Waals surface area (Å²) < 4.78 is 5.33. The average Bonchev–Trinajstić information content (AvgIpc) is 3.45. The van der Waals surface area contributed by atoms with Gasteiger partial charge in [-0.15, -0.1) is 0 Å². The highest BCUT2D eigenvalue weighted by atomic mass is 16.4. The topological polar surface area (TPSA) is 118 Å². The molecule has 7 heteroatoms. The van der Waals surface area contributed by atoms with Crippen molar-refractivity contribution in [2.45, 2.75) is 25.2 Å². The molecule has 4 aromatic rings. The molecule has 0 saturated carbocycles. The number of nitrogens with two attached hydrogens (primary N) is 1. The van der Waals surface area contributed by atoms with Gasteiger partial charge in [-0.2, -0.15) is 0 Å². The van der Waals surface area contributed by atoms with Gasteiger partial charge in [0.25, 0.3) is 0 Å². The number of nitrogens with one attached hydrogen (secondary N) is 1. The summed E-state index contributed by atoms with van der Waals surface area (Å²) in [6, 6.07) is 23.0. The second kappa shape index (κ2) is 12.2. The number of anilines is 1. The largest absolute Gasteiger partial charge is 0.476 e. The maximum atomic E-state index is 13.3. The first kappa shape index (κ1) is 27.3. The van der Waals surface area contributed by atoms with Crippen molar-refractivity contribution in [3.8, 4) is 11.5 Å². The first-order valence-electron chi connectivity index (χ1n) is 12.6. The predicted molar refractivity (Wildman–Crippen MR) is 153 cm³/mol. The number of carbonyl (C=O) groups excluding carboxylic acids is 1. The molecule has 1 aromatic heterocycles. The second-order valence-electron chi connectivity index (χ2n) is 9.28. The minimum Gasteiger partial charge on any atom is -0.476 e. The normalized spacial score (nSPS) is 12.4. The van der Waals surface area contributed by atoms with E-state index in [4.69, 9.17) is 15.3 Å². The summed E-state index contributed by atoms with van der Waals surface area (Å²) in [5.74, 6) is -1.61. The van der Waals surface area contributed by atoms with Gasteiger partial charge < -0.3 is 20.6 Å². The minimum absolute atomic E-state index is 0.114. The van der Waals surface area contributed by atoms with Crippen molar-refractivity contribution in [1.82, 2.24) is 4.98 Å². The molecule has 1 heterocycles.